The highest BCUT2D eigenvalue weighted by Gasteiger charge is 2.34. The lowest BCUT2D eigenvalue weighted by atomic mass is 9.93. The number of alkyl halides is 3. The summed E-state index contributed by atoms with van der Waals surface area (Å²) in [5.41, 5.74) is 1.95. The van der Waals surface area contributed by atoms with Gasteiger partial charge in [0, 0.05) is 16.7 Å². The molecule has 0 spiro atoms. The molecular weight excluding hydrogens is 441 g/mol. The Balaban J connectivity index is 1.97. The predicted molar refractivity (Wildman–Crippen MR) is 116 cm³/mol. The first kappa shape index (κ1) is 23.7. The quantitative estimate of drug-likeness (QED) is 0.388. The van der Waals surface area contributed by atoms with Crippen molar-refractivity contribution in [2.24, 2.45) is 0 Å². The standard InChI is InChI=1S/C23H23F3N2O3S/c1-13(2)18-9-15(4-6-19(18)23(24,25)26)22(16-10-27-28-11-16)32-17-5-7-20(14(3)8-17)31-12-21(29)30/h4-11,13,22H,12H2,1-3H3,(H,27,28)(H,29,30). The fourth-order valence-electron chi connectivity index (χ4n) is 3.35. The van der Waals surface area contributed by atoms with E-state index in [1.165, 1.54) is 17.8 Å². The van der Waals surface area contributed by atoms with Crippen molar-refractivity contribution in [1.29, 1.82) is 0 Å². The van der Waals surface area contributed by atoms with E-state index in [9.17, 15) is 18.0 Å². The second-order valence-corrected chi connectivity index (χ2v) is 8.82. The van der Waals surface area contributed by atoms with Crippen LogP contribution in [0.3, 0.4) is 0 Å². The van der Waals surface area contributed by atoms with Gasteiger partial charge in [-0.3, -0.25) is 5.10 Å². The highest BCUT2D eigenvalue weighted by molar-refractivity contribution is 7.99. The first-order valence-electron chi connectivity index (χ1n) is 9.88. The van der Waals surface area contributed by atoms with Crippen molar-refractivity contribution in [2.75, 3.05) is 6.61 Å². The monoisotopic (exact) mass is 464 g/mol. The summed E-state index contributed by atoms with van der Waals surface area (Å²) in [5.74, 6) is -0.895. The van der Waals surface area contributed by atoms with Crippen molar-refractivity contribution in [3.63, 3.8) is 0 Å². The van der Waals surface area contributed by atoms with E-state index < -0.39 is 24.3 Å². The molecule has 32 heavy (non-hydrogen) atoms. The Morgan fingerprint density at radius 3 is 2.50 bits per heavy atom. The number of ether oxygens (including phenoxy) is 1. The molecule has 9 heteroatoms. The Kier molecular flexibility index (Phi) is 7.18. The normalized spacial score (nSPS) is 12.7. The van der Waals surface area contributed by atoms with Gasteiger partial charge in [-0.1, -0.05) is 26.0 Å². The number of nitrogens with zero attached hydrogens (tertiary/aromatic N) is 1. The smallest absolute Gasteiger partial charge is 0.416 e. The number of aromatic nitrogens is 2. The molecule has 1 aromatic heterocycles. The number of thioether (sulfide) groups is 1. The third-order valence-electron chi connectivity index (χ3n) is 4.88. The summed E-state index contributed by atoms with van der Waals surface area (Å²) < 4.78 is 45.7. The molecule has 1 heterocycles. The van der Waals surface area contributed by atoms with Crippen LogP contribution in [0.4, 0.5) is 13.2 Å². The third kappa shape index (κ3) is 5.64. The number of H-pyrrole nitrogens is 1. The molecule has 0 aliphatic carbocycles. The Hall–Kier alpha value is -2.94. The van der Waals surface area contributed by atoms with Crippen LogP contribution in [0.5, 0.6) is 5.75 Å². The van der Waals surface area contributed by atoms with Crippen LogP contribution in [0.2, 0.25) is 0 Å². The first-order valence-corrected chi connectivity index (χ1v) is 10.8. The van der Waals surface area contributed by atoms with E-state index in [0.29, 0.717) is 5.75 Å². The molecule has 0 aliphatic heterocycles. The maximum atomic E-state index is 13.5. The number of benzene rings is 2. The molecule has 0 saturated heterocycles. The van der Waals surface area contributed by atoms with Crippen LogP contribution in [-0.2, 0) is 11.0 Å². The lowest BCUT2D eigenvalue weighted by Crippen LogP contribution is -2.11. The number of aromatic amines is 1. The van der Waals surface area contributed by atoms with Crippen LogP contribution in [0, 0.1) is 6.92 Å². The molecule has 1 unspecified atom stereocenters. The summed E-state index contributed by atoms with van der Waals surface area (Å²) in [4.78, 5) is 11.6. The maximum absolute atomic E-state index is 13.5. The van der Waals surface area contributed by atoms with E-state index in [1.54, 1.807) is 44.4 Å². The highest BCUT2D eigenvalue weighted by Crippen LogP contribution is 2.44. The van der Waals surface area contributed by atoms with E-state index >= 15 is 0 Å². The lowest BCUT2D eigenvalue weighted by molar-refractivity contribution is -0.139. The van der Waals surface area contributed by atoms with Crippen molar-refractivity contribution < 1.29 is 27.8 Å². The van der Waals surface area contributed by atoms with E-state index in [-0.39, 0.29) is 16.7 Å². The first-order chi connectivity index (χ1) is 15.1. The molecule has 170 valence electrons. The number of nitrogens with one attached hydrogen (secondary N) is 1. The number of rotatable bonds is 8. The Morgan fingerprint density at radius 2 is 1.94 bits per heavy atom. The average Bonchev–Trinajstić information content (AvgIpc) is 3.24. The summed E-state index contributed by atoms with van der Waals surface area (Å²) >= 11 is 1.47. The second kappa shape index (κ2) is 9.68. The molecule has 0 aliphatic rings. The van der Waals surface area contributed by atoms with E-state index in [1.807, 2.05) is 13.0 Å². The molecule has 0 radical (unpaired) electrons. The zero-order valence-corrected chi connectivity index (χ0v) is 18.6. The van der Waals surface area contributed by atoms with E-state index in [4.69, 9.17) is 9.84 Å². The number of halogens is 3. The molecule has 1 atom stereocenters. The SMILES string of the molecule is Cc1cc(SC(c2cn[nH]c2)c2ccc(C(F)(F)F)c(C(C)C)c2)ccc1OCC(=O)O. The number of aliphatic carboxylic acids is 1. The van der Waals surface area contributed by atoms with Gasteiger partial charge in [-0.2, -0.15) is 18.3 Å². The molecule has 0 fully saturated rings. The Bertz CT molecular complexity index is 1080. The van der Waals surface area contributed by atoms with E-state index in [2.05, 4.69) is 10.2 Å². The minimum absolute atomic E-state index is 0.248. The summed E-state index contributed by atoms with van der Waals surface area (Å²) in [7, 11) is 0. The fourth-order valence-corrected chi connectivity index (χ4v) is 4.56. The molecular formula is C23H23F3N2O3S. The number of carboxylic acids is 1. The summed E-state index contributed by atoms with van der Waals surface area (Å²) in [6.45, 7) is 4.86. The number of carbonyl (C=O) groups is 1. The molecule has 3 aromatic rings. The molecule has 5 nitrogen and oxygen atoms in total. The molecule has 0 amide bonds. The van der Waals surface area contributed by atoms with Gasteiger partial charge < -0.3 is 9.84 Å². The van der Waals surface area contributed by atoms with Gasteiger partial charge in [0.2, 0.25) is 0 Å². The van der Waals surface area contributed by atoms with Crippen molar-refractivity contribution in [2.45, 2.75) is 43.0 Å². The van der Waals surface area contributed by atoms with Gasteiger partial charge in [-0.15, -0.1) is 11.8 Å². The predicted octanol–water partition coefficient (Wildman–Crippen LogP) is 6.21. The Labute approximate surface area is 188 Å². The molecule has 3 rings (SSSR count). The number of aryl methyl sites for hydroxylation is 1. The number of carboxylic acid groups (broad SMARTS) is 1. The van der Waals surface area contributed by atoms with Gasteiger partial charge in [0.25, 0.3) is 0 Å². The van der Waals surface area contributed by atoms with Crippen LogP contribution in [0.1, 0.15) is 52.8 Å². The summed E-state index contributed by atoms with van der Waals surface area (Å²) in [6.07, 6.45) is -1.04. The van der Waals surface area contributed by atoms with Gasteiger partial charge >= 0.3 is 12.1 Å². The average molecular weight is 465 g/mol. The van der Waals surface area contributed by atoms with Crippen LogP contribution < -0.4 is 4.74 Å². The van der Waals surface area contributed by atoms with E-state index in [0.717, 1.165) is 27.7 Å². The Morgan fingerprint density at radius 1 is 1.19 bits per heavy atom. The van der Waals surface area contributed by atoms with Crippen molar-refractivity contribution in [3.8, 4) is 5.75 Å². The van der Waals surface area contributed by atoms with Crippen LogP contribution >= 0.6 is 11.8 Å². The highest BCUT2D eigenvalue weighted by atomic mass is 32.2. The summed E-state index contributed by atoms with van der Waals surface area (Å²) in [6, 6.07) is 9.63. The molecule has 2 N–H and O–H groups in total. The maximum Gasteiger partial charge on any atom is 0.416 e. The van der Waals surface area contributed by atoms with Gasteiger partial charge in [0.15, 0.2) is 6.61 Å². The van der Waals surface area contributed by atoms with Crippen LogP contribution in [0.15, 0.2) is 53.7 Å². The van der Waals surface area contributed by atoms with Crippen LogP contribution in [-0.4, -0.2) is 27.9 Å². The van der Waals surface area contributed by atoms with Crippen molar-refractivity contribution in [1.82, 2.24) is 10.2 Å². The van der Waals surface area contributed by atoms with Crippen molar-refractivity contribution in [3.05, 3.63) is 76.6 Å². The molecule has 0 saturated carbocycles. The van der Waals surface area contributed by atoms with Gasteiger partial charge in [-0.05, 0) is 53.8 Å². The van der Waals surface area contributed by atoms with Gasteiger partial charge in [0.1, 0.15) is 5.75 Å². The largest absolute Gasteiger partial charge is 0.482 e. The zero-order chi connectivity index (χ0) is 23.5. The lowest BCUT2D eigenvalue weighted by Gasteiger charge is -2.21. The number of hydrogen-bond donors (Lipinski definition) is 2. The summed E-state index contributed by atoms with van der Waals surface area (Å²) in [5, 5.41) is 15.3. The van der Waals surface area contributed by atoms with Crippen LogP contribution in [0.25, 0.3) is 0 Å². The third-order valence-corrected chi connectivity index (χ3v) is 6.19. The zero-order valence-electron chi connectivity index (χ0n) is 17.7. The minimum atomic E-state index is -4.42. The fraction of sp³-hybridized carbons (Fsp3) is 0.304. The molecule has 0 bridgehead atoms. The number of hydrogen-bond acceptors (Lipinski definition) is 4. The van der Waals surface area contributed by atoms with Gasteiger partial charge in [-0.25, -0.2) is 4.79 Å². The van der Waals surface area contributed by atoms with Gasteiger partial charge in [0.05, 0.1) is 17.0 Å². The molecule has 2 aromatic carbocycles. The minimum Gasteiger partial charge on any atom is -0.482 e. The van der Waals surface area contributed by atoms with Crippen molar-refractivity contribution >= 4 is 17.7 Å². The second-order valence-electron chi connectivity index (χ2n) is 7.64. The topological polar surface area (TPSA) is 75.2 Å².